The van der Waals surface area contributed by atoms with Gasteiger partial charge in [-0.15, -0.1) is 0 Å². The number of aromatic nitrogens is 4. The molecule has 9 nitrogen and oxygen atoms in total. The van der Waals surface area contributed by atoms with Gasteiger partial charge in [-0.1, -0.05) is 0 Å². The van der Waals surface area contributed by atoms with Crippen molar-refractivity contribution in [1.82, 2.24) is 20.2 Å². The third kappa shape index (κ3) is 4.01. The Kier molecular flexibility index (Phi) is 5.44. The minimum absolute atomic E-state index is 0.230. The summed E-state index contributed by atoms with van der Waals surface area (Å²) in [6.07, 6.45) is 3.63. The van der Waals surface area contributed by atoms with Crippen LogP contribution in [-0.4, -0.2) is 50.9 Å². The number of aliphatic hydroxyl groups is 1. The van der Waals surface area contributed by atoms with Crippen LogP contribution in [0.15, 0.2) is 36.5 Å². The van der Waals surface area contributed by atoms with E-state index in [1.165, 1.54) is 24.3 Å². The van der Waals surface area contributed by atoms with Crippen molar-refractivity contribution < 1.29 is 14.3 Å². The molecule has 1 saturated heterocycles. The first-order valence-electron chi connectivity index (χ1n) is 10.7. The van der Waals surface area contributed by atoms with Crippen molar-refractivity contribution in [3.8, 4) is 0 Å². The molecular formula is C22H24FN7O2. The summed E-state index contributed by atoms with van der Waals surface area (Å²) in [7, 11) is 0. The van der Waals surface area contributed by atoms with Crippen molar-refractivity contribution in [3.05, 3.63) is 59.2 Å². The second-order valence-corrected chi connectivity index (χ2v) is 8.17. The largest absolute Gasteiger partial charge is 0.396 e. The molecule has 2 aliphatic rings. The number of benzene rings is 1. The van der Waals surface area contributed by atoms with E-state index in [0.29, 0.717) is 36.3 Å². The molecule has 2 aromatic heterocycles. The second-order valence-electron chi connectivity index (χ2n) is 8.17. The van der Waals surface area contributed by atoms with Crippen LogP contribution in [0.1, 0.15) is 34.5 Å². The molecule has 1 amide bonds. The number of hydrogen-bond acceptors (Lipinski definition) is 7. The van der Waals surface area contributed by atoms with Gasteiger partial charge < -0.3 is 20.2 Å². The van der Waals surface area contributed by atoms with Crippen LogP contribution < -0.4 is 15.1 Å². The molecule has 0 spiro atoms. The fourth-order valence-corrected chi connectivity index (χ4v) is 4.17. The summed E-state index contributed by atoms with van der Waals surface area (Å²) in [5, 5.41) is 19.4. The highest BCUT2D eigenvalue weighted by atomic mass is 19.1. The Morgan fingerprint density at radius 3 is 2.69 bits per heavy atom. The third-order valence-electron chi connectivity index (χ3n) is 6.10. The minimum Gasteiger partial charge on any atom is -0.396 e. The number of aromatic amines is 1. The SMILES string of the molecule is O=C(Nc1n[nH]c2c1CN(c1ccnc(N3CCC(CO)CC3)n1)C2)c1ccc(F)cc1. The van der Waals surface area contributed by atoms with Crippen LogP contribution >= 0.6 is 0 Å². The quantitative estimate of drug-likeness (QED) is 0.562. The van der Waals surface area contributed by atoms with E-state index in [9.17, 15) is 14.3 Å². The van der Waals surface area contributed by atoms with Gasteiger partial charge in [0.1, 0.15) is 11.6 Å². The molecule has 0 unspecified atom stereocenters. The second kappa shape index (κ2) is 8.54. The smallest absolute Gasteiger partial charge is 0.256 e. The lowest BCUT2D eigenvalue weighted by atomic mass is 9.98. The van der Waals surface area contributed by atoms with Crippen molar-refractivity contribution in [2.75, 3.05) is 34.8 Å². The average Bonchev–Trinajstić information content (AvgIpc) is 3.42. The maximum atomic E-state index is 13.1. The highest BCUT2D eigenvalue weighted by molar-refractivity contribution is 6.04. The minimum atomic E-state index is -0.389. The molecule has 0 radical (unpaired) electrons. The van der Waals surface area contributed by atoms with E-state index >= 15 is 0 Å². The van der Waals surface area contributed by atoms with E-state index in [-0.39, 0.29) is 18.3 Å². The number of hydrogen-bond donors (Lipinski definition) is 3. The Hall–Kier alpha value is -3.53. The first-order valence-corrected chi connectivity index (χ1v) is 10.7. The van der Waals surface area contributed by atoms with Gasteiger partial charge in [-0.3, -0.25) is 9.89 Å². The maximum absolute atomic E-state index is 13.1. The molecule has 0 bridgehead atoms. The molecule has 32 heavy (non-hydrogen) atoms. The number of piperidine rings is 1. The van der Waals surface area contributed by atoms with Crippen molar-refractivity contribution in [2.24, 2.45) is 5.92 Å². The lowest BCUT2D eigenvalue weighted by molar-refractivity contribution is 0.102. The molecule has 3 N–H and O–H groups in total. The number of amides is 1. The van der Waals surface area contributed by atoms with Gasteiger partial charge in [0.25, 0.3) is 5.91 Å². The summed E-state index contributed by atoms with van der Waals surface area (Å²) in [4.78, 5) is 25.9. The molecule has 166 valence electrons. The molecule has 0 aliphatic carbocycles. The molecule has 4 heterocycles. The lowest BCUT2D eigenvalue weighted by Gasteiger charge is -2.31. The first-order chi connectivity index (χ1) is 15.6. The third-order valence-corrected chi connectivity index (χ3v) is 6.10. The standard InChI is InChI=1S/C22H24FN7O2/c23-16-3-1-15(2-4-16)21(32)26-20-17-11-30(12-18(17)27-28-20)19-5-8-24-22(25-19)29-9-6-14(13-31)7-10-29/h1-5,8,14,31H,6-7,9-13H2,(H2,26,27,28,32). The normalized spacial score (nSPS) is 16.3. The predicted molar refractivity (Wildman–Crippen MR) is 117 cm³/mol. The molecule has 5 rings (SSSR count). The summed E-state index contributed by atoms with van der Waals surface area (Å²) in [5.41, 5.74) is 2.19. The molecule has 1 aromatic carbocycles. The molecule has 0 atom stereocenters. The van der Waals surface area contributed by atoms with Crippen molar-refractivity contribution >= 4 is 23.5 Å². The Labute approximate surface area is 184 Å². The molecule has 10 heteroatoms. The molecule has 2 aliphatic heterocycles. The van der Waals surface area contributed by atoms with Crippen LogP contribution in [-0.2, 0) is 13.1 Å². The number of anilines is 3. The number of nitrogens with one attached hydrogen (secondary N) is 2. The number of fused-ring (bicyclic) bond motifs is 1. The first kappa shape index (κ1) is 20.4. The van der Waals surface area contributed by atoms with E-state index in [1.54, 1.807) is 6.20 Å². The monoisotopic (exact) mass is 437 g/mol. The number of halogens is 1. The van der Waals surface area contributed by atoms with Gasteiger partial charge in [0.2, 0.25) is 5.95 Å². The highest BCUT2D eigenvalue weighted by Gasteiger charge is 2.28. The van der Waals surface area contributed by atoms with Gasteiger partial charge in [0.05, 0.1) is 18.8 Å². The Morgan fingerprint density at radius 1 is 1.16 bits per heavy atom. The van der Waals surface area contributed by atoms with Crippen molar-refractivity contribution in [3.63, 3.8) is 0 Å². The van der Waals surface area contributed by atoms with Crippen LogP contribution in [0.5, 0.6) is 0 Å². The number of carbonyl (C=O) groups is 1. The van der Waals surface area contributed by atoms with E-state index in [1.807, 2.05) is 6.07 Å². The zero-order valence-corrected chi connectivity index (χ0v) is 17.5. The van der Waals surface area contributed by atoms with Crippen LogP contribution in [0.4, 0.5) is 22.0 Å². The van der Waals surface area contributed by atoms with Gasteiger partial charge in [-0.25, -0.2) is 9.37 Å². The van der Waals surface area contributed by atoms with Gasteiger partial charge in [-0.05, 0) is 49.1 Å². The summed E-state index contributed by atoms with van der Waals surface area (Å²) in [5.74, 6) is 1.59. The number of H-pyrrole nitrogens is 1. The Morgan fingerprint density at radius 2 is 1.94 bits per heavy atom. The number of carbonyl (C=O) groups excluding carboxylic acids is 1. The fourth-order valence-electron chi connectivity index (χ4n) is 4.17. The number of rotatable bonds is 5. The highest BCUT2D eigenvalue weighted by Crippen LogP contribution is 2.31. The maximum Gasteiger partial charge on any atom is 0.256 e. The van der Waals surface area contributed by atoms with E-state index in [4.69, 9.17) is 4.98 Å². The van der Waals surface area contributed by atoms with Crippen LogP contribution in [0, 0.1) is 11.7 Å². The summed E-state index contributed by atoms with van der Waals surface area (Å²) in [6, 6.07) is 7.26. The van der Waals surface area contributed by atoms with Gasteiger partial charge >= 0.3 is 0 Å². The topological polar surface area (TPSA) is 110 Å². The van der Waals surface area contributed by atoms with E-state index < -0.39 is 0 Å². The molecule has 1 fully saturated rings. The van der Waals surface area contributed by atoms with E-state index in [0.717, 1.165) is 43.0 Å². The van der Waals surface area contributed by atoms with Gasteiger partial charge in [0, 0.05) is 37.0 Å². The number of nitrogens with zero attached hydrogens (tertiary/aromatic N) is 5. The van der Waals surface area contributed by atoms with Gasteiger partial charge in [-0.2, -0.15) is 10.1 Å². The van der Waals surface area contributed by atoms with E-state index in [2.05, 4.69) is 30.3 Å². The summed E-state index contributed by atoms with van der Waals surface area (Å²) >= 11 is 0. The molecule has 3 aromatic rings. The zero-order chi connectivity index (χ0) is 22.1. The Bertz CT molecular complexity index is 1110. The summed E-state index contributed by atoms with van der Waals surface area (Å²) in [6.45, 7) is 3.04. The van der Waals surface area contributed by atoms with Crippen LogP contribution in [0.3, 0.4) is 0 Å². The average molecular weight is 437 g/mol. The Balaban J connectivity index is 1.27. The van der Waals surface area contributed by atoms with Crippen LogP contribution in [0.2, 0.25) is 0 Å². The summed E-state index contributed by atoms with van der Waals surface area (Å²) < 4.78 is 13.1. The van der Waals surface area contributed by atoms with Gasteiger partial charge in [0.15, 0.2) is 5.82 Å². The zero-order valence-electron chi connectivity index (χ0n) is 17.5. The molecular weight excluding hydrogens is 413 g/mol. The van der Waals surface area contributed by atoms with Crippen LogP contribution in [0.25, 0.3) is 0 Å². The number of aliphatic hydroxyl groups excluding tert-OH is 1. The molecule has 0 saturated carbocycles. The van der Waals surface area contributed by atoms with Crippen molar-refractivity contribution in [1.29, 1.82) is 0 Å². The van der Waals surface area contributed by atoms with Crippen molar-refractivity contribution in [2.45, 2.75) is 25.9 Å². The predicted octanol–water partition coefficient (Wildman–Crippen LogP) is 2.32. The lowest BCUT2D eigenvalue weighted by Crippen LogP contribution is -2.36. The fraction of sp³-hybridized carbons (Fsp3) is 0.364.